The van der Waals surface area contributed by atoms with Gasteiger partial charge < -0.3 is 82.0 Å². The van der Waals surface area contributed by atoms with Crippen LogP contribution in [0.5, 0.6) is 11.6 Å². The molecule has 0 bridgehead atoms. The number of hydrogen-bond donors (Lipinski definition) is 7. The number of hydrogen-bond acceptors (Lipinski definition) is 30. The van der Waals surface area contributed by atoms with Crippen molar-refractivity contribution in [1.29, 1.82) is 0 Å². The second-order valence-electron chi connectivity index (χ2n) is 28.3. The molecule has 7 heterocycles. The number of esters is 1. The molecule has 128 heavy (non-hydrogen) atoms. The summed E-state index contributed by atoms with van der Waals surface area (Å²) in [5.41, 5.74) is -3.67. The maximum Gasteiger partial charge on any atom is 0.509 e. The number of nitrogens with one attached hydrogen (secondary N) is 3. The fourth-order valence-electron chi connectivity index (χ4n) is 10.7. The molecule has 3 saturated heterocycles. The number of halogens is 15. The number of carbonyl (C=O) groups is 7. The standard InChI is InChI=1S/C29H26BrCl3F2N4O10.C22H24BrF2N3O8.C17H16BrF2N3O6.C8H5Cl3O3/c1-28(2,3)49-27(43)48-20-18(12-44-19(40)13-45-23-17(32)9-16(31)21(33)36-23)47-24(29(20,34)35)39-10-15(30)22(37-25(39)41)38-26(42)46-11-14-7-5-4-6-8-14;1-21(2,3)36-20(32)35-15-14(10-29)34-17(22(15,24)25)28-9-13(23)16(26-18(28)30)27-19(31)33-11-12-7-5-4-6-8-12;18-10-6-23(14-17(19,20)12(25)11(7-24)29-14)15(26)21-13(10)22-16(27)28-8-9-4-2-1-3-5-9;9-4-1-6(11)7(2-5(4)10)14-3-8(12)13/h4-10,18,20,24H,11-13H2,1-3H3,(H,37,38,41,42);4-9,14-15,17,29H,10-11H2,1-3H3,(H,26,27,30,31);1-6,11-12,14,24-25H,7-8H2,(H,21,22,26,27);1-2H,3H2,(H,12,13)/t18-,20?,24-;14-,15?,17-;11-,12?,14-;/m111./s1. The fourth-order valence-corrected chi connectivity index (χ4v) is 13.0. The maximum atomic E-state index is 15.9. The molecule has 11 rings (SSSR count). The molecule has 3 fully saturated rings. The number of carbonyl (C=O) groups excluding carboxylic acids is 6. The molecule has 9 atom stereocenters. The number of nitrogens with zero attached hydrogens (tertiary/aromatic N) is 7. The van der Waals surface area contributed by atoms with E-state index in [9.17, 15) is 66.9 Å². The molecule has 0 aliphatic carbocycles. The number of aliphatic hydroxyl groups excluding tert-OH is 3. The molecule has 3 aliphatic rings. The maximum absolute atomic E-state index is 15.9. The van der Waals surface area contributed by atoms with Crippen LogP contribution in [-0.4, -0.2) is 195 Å². The number of alkyl halides is 6. The Morgan fingerprint density at radius 2 is 0.836 bits per heavy atom. The van der Waals surface area contributed by atoms with Gasteiger partial charge in [-0.3, -0.25) is 29.7 Å². The molecule has 3 aliphatic heterocycles. The number of anilines is 3. The van der Waals surface area contributed by atoms with Crippen LogP contribution in [-0.2, 0) is 81.5 Å². The number of benzene rings is 4. The average Bonchev–Trinajstić information content (AvgIpc) is 1.61. The van der Waals surface area contributed by atoms with Gasteiger partial charge in [0.25, 0.3) is 0 Å². The third-order valence-electron chi connectivity index (χ3n) is 16.4. The number of aliphatic carboxylic acids is 1. The van der Waals surface area contributed by atoms with Crippen LogP contribution in [0.3, 0.4) is 0 Å². The molecule has 0 saturated carbocycles. The van der Waals surface area contributed by atoms with E-state index in [-0.39, 0.29) is 87.6 Å². The molecule has 3 amide bonds. The minimum absolute atomic E-state index is 0.00454. The lowest BCUT2D eigenvalue weighted by Crippen LogP contribution is -2.45. The zero-order chi connectivity index (χ0) is 94.7. The van der Waals surface area contributed by atoms with Gasteiger partial charge in [-0.1, -0.05) is 161 Å². The van der Waals surface area contributed by atoms with Crippen LogP contribution in [0, 0.1) is 0 Å². The lowest BCUT2D eigenvalue weighted by atomic mass is 10.1. The van der Waals surface area contributed by atoms with Gasteiger partial charge >= 0.3 is 77.4 Å². The summed E-state index contributed by atoms with van der Waals surface area (Å²) in [6.07, 6.45) is -21.9. The number of carboxylic acids is 1. The zero-order valence-electron chi connectivity index (χ0n) is 66.5. The van der Waals surface area contributed by atoms with Gasteiger partial charge in [0.1, 0.15) is 66.7 Å². The summed E-state index contributed by atoms with van der Waals surface area (Å²) in [4.78, 5) is 136. The lowest BCUT2D eigenvalue weighted by Gasteiger charge is -2.26. The van der Waals surface area contributed by atoms with E-state index >= 15 is 17.6 Å². The van der Waals surface area contributed by atoms with Gasteiger partial charge in [0.2, 0.25) is 36.8 Å². The molecule has 4 aromatic carbocycles. The highest BCUT2D eigenvalue weighted by Crippen LogP contribution is 2.48. The predicted octanol–water partition coefficient (Wildman–Crippen LogP) is 14.9. The minimum Gasteiger partial charge on any atom is -0.480 e. The SMILES string of the molecule is CC(C)(C)OC(=O)OC1[C@@H](CO)O[C@@H](n2cc(Br)c(NC(=O)OCc3ccccc3)nc2=O)C1(F)F.CC(C)(C)OC(=O)OC1[C@@H](COC(=O)COc2nc(Cl)c(Cl)cc2Cl)O[C@@H](n2cc(Br)c(NC(=O)OCc3ccccc3)nc2=O)C1(F)F.O=C(Nc1nc(=O)n([C@@H]2O[C@H](CO)C(O)C2(F)F)cc1Br)OCc1ccccc1.O=C(O)COc1cc(Cl)c(Cl)cc1Cl. The summed E-state index contributed by atoms with van der Waals surface area (Å²) in [5.74, 6) is -15.0. The highest BCUT2D eigenvalue weighted by Gasteiger charge is 2.65. The van der Waals surface area contributed by atoms with Gasteiger partial charge in [-0.15, -0.1) is 0 Å². The zero-order valence-corrected chi connectivity index (χ0v) is 75.7. The number of aliphatic hydroxyl groups is 3. The van der Waals surface area contributed by atoms with Crippen molar-refractivity contribution < 1.29 is 142 Å². The molecule has 4 aromatic heterocycles. The van der Waals surface area contributed by atoms with Crippen LogP contribution < -0.4 is 42.5 Å². The molecule has 52 heteroatoms. The summed E-state index contributed by atoms with van der Waals surface area (Å²) in [7, 11) is 0. The Morgan fingerprint density at radius 1 is 0.477 bits per heavy atom. The van der Waals surface area contributed by atoms with Crippen LogP contribution in [0.25, 0.3) is 0 Å². The first-order chi connectivity index (χ1) is 60.0. The van der Waals surface area contributed by atoms with E-state index in [0.29, 0.717) is 24.3 Å². The lowest BCUT2D eigenvalue weighted by molar-refractivity contribution is -0.153. The monoisotopic (exact) mass is 2120 g/mol. The highest BCUT2D eigenvalue weighted by atomic mass is 79.9. The summed E-state index contributed by atoms with van der Waals surface area (Å²) in [5, 5.41) is 43.8. The van der Waals surface area contributed by atoms with Crippen molar-refractivity contribution in [3.8, 4) is 11.6 Å². The quantitative estimate of drug-likeness (QED) is 0.00971. The molecular weight excluding hydrogens is 2050 g/mol. The molecule has 692 valence electrons. The number of rotatable bonds is 24. The second kappa shape index (κ2) is 45.6. The van der Waals surface area contributed by atoms with Crippen LogP contribution in [0.4, 0.5) is 67.8 Å². The van der Waals surface area contributed by atoms with Gasteiger partial charge in [0.15, 0.2) is 41.9 Å². The van der Waals surface area contributed by atoms with Crippen molar-refractivity contribution in [3.63, 3.8) is 0 Å². The van der Waals surface area contributed by atoms with Crippen molar-refractivity contribution in [1.82, 2.24) is 33.6 Å². The van der Waals surface area contributed by atoms with Gasteiger partial charge in [-0.25, -0.2) is 47.9 Å². The van der Waals surface area contributed by atoms with E-state index in [2.05, 4.69) is 83.7 Å². The van der Waals surface area contributed by atoms with E-state index < -0.39 is 177 Å². The van der Waals surface area contributed by atoms with E-state index in [1.54, 1.807) is 91.0 Å². The smallest absolute Gasteiger partial charge is 0.480 e. The summed E-state index contributed by atoms with van der Waals surface area (Å²) in [6, 6.07) is 30.3. The molecule has 37 nitrogen and oxygen atoms in total. The number of pyridine rings is 1. The fraction of sp³-hybridized carbons (Fsp3) is 0.368. The first-order valence-corrected chi connectivity index (χ1v) is 41.0. The first kappa shape index (κ1) is 103. The van der Waals surface area contributed by atoms with Gasteiger partial charge in [0, 0.05) is 24.7 Å². The average molecular weight is 2120 g/mol. The Labute approximate surface area is 773 Å². The molecule has 0 radical (unpaired) electrons. The highest BCUT2D eigenvalue weighted by molar-refractivity contribution is 9.11. The third kappa shape index (κ3) is 29.0. The predicted molar refractivity (Wildman–Crippen MR) is 449 cm³/mol. The number of carboxylic acid groups (broad SMARTS) is 1. The number of amides is 3. The Balaban J connectivity index is 0.000000226. The van der Waals surface area contributed by atoms with Crippen molar-refractivity contribution in [2.45, 2.75) is 146 Å². The second-order valence-corrected chi connectivity index (χ2v) is 33.2. The van der Waals surface area contributed by atoms with Crippen molar-refractivity contribution in [2.24, 2.45) is 0 Å². The Morgan fingerprint density at radius 3 is 1.21 bits per heavy atom. The summed E-state index contributed by atoms with van der Waals surface area (Å²) >= 11 is 43.9. The number of ether oxygens (including phenoxy) is 13. The van der Waals surface area contributed by atoms with E-state index in [1.807, 2.05) is 0 Å². The Bertz CT molecular complexity index is 5480. The molecule has 7 N–H and O–H groups in total. The van der Waals surface area contributed by atoms with Crippen LogP contribution in [0.15, 0.2) is 156 Å². The van der Waals surface area contributed by atoms with Crippen molar-refractivity contribution in [2.75, 3.05) is 49.0 Å². The van der Waals surface area contributed by atoms with Gasteiger partial charge in [-0.2, -0.15) is 46.3 Å². The molecular formula is C76H71Br3Cl6F6N10O27. The summed E-state index contributed by atoms with van der Waals surface area (Å²) < 4.78 is 157. The van der Waals surface area contributed by atoms with Crippen molar-refractivity contribution in [3.05, 3.63) is 220 Å². The summed E-state index contributed by atoms with van der Waals surface area (Å²) in [6.45, 7) is 4.83. The van der Waals surface area contributed by atoms with Gasteiger partial charge in [0.05, 0.1) is 46.7 Å². The van der Waals surface area contributed by atoms with Crippen LogP contribution in [0.1, 0.15) is 76.9 Å². The van der Waals surface area contributed by atoms with Gasteiger partial charge in [-0.05, 0) is 118 Å². The minimum atomic E-state index is -4.13. The van der Waals surface area contributed by atoms with E-state index in [4.69, 9.17) is 141 Å². The van der Waals surface area contributed by atoms with Crippen molar-refractivity contribution >= 4 is 177 Å². The van der Waals surface area contributed by atoms with Crippen LogP contribution >= 0.6 is 117 Å². The molecule has 8 aromatic rings. The first-order valence-electron chi connectivity index (χ1n) is 36.4. The normalized spacial score (nSPS) is 19.2. The largest absolute Gasteiger partial charge is 0.509 e. The topological polar surface area (TPSA) is 474 Å². The third-order valence-corrected chi connectivity index (χ3v) is 20.1. The Kier molecular flexibility index (Phi) is 36.8. The Hall–Kier alpha value is -9.92. The molecule has 0 spiro atoms. The molecule has 3 unspecified atom stereocenters. The number of aromatic nitrogens is 7. The van der Waals surface area contributed by atoms with E-state index in [0.717, 1.165) is 29.7 Å². The van der Waals surface area contributed by atoms with E-state index in [1.165, 1.54) is 59.7 Å². The van der Waals surface area contributed by atoms with Crippen LogP contribution in [0.2, 0.25) is 30.3 Å².